The standard InChI is InChI=1S/C15H24N2O/c1-12(2)16-10-13(3)11-18-15-8-6-7-14(9-15)17(4)5/h6-9,12,16H,3,10-11H2,1-2,4-5H3. The van der Waals surface area contributed by atoms with E-state index in [0.717, 1.165) is 23.6 Å². The Morgan fingerprint density at radius 1 is 1.39 bits per heavy atom. The maximum Gasteiger partial charge on any atom is 0.121 e. The molecule has 3 heteroatoms. The lowest BCUT2D eigenvalue weighted by atomic mass is 10.2. The maximum absolute atomic E-state index is 5.72. The molecule has 0 amide bonds. The van der Waals surface area contributed by atoms with Crippen molar-refractivity contribution in [1.82, 2.24) is 5.32 Å². The average molecular weight is 248 g/mol. The predicted molar refractivity (Wildman–Crippen MR) is 78.5 cm³/mol. The number of nitrogens with one attached hydrogen (secondary N) is 1. The molecule has 1 aromatic carbocycles. The Labute approximate surface area is 110 Å². The molecule has 1 aromatic rings. The van der Waals surface area contributed by atoms with Crippen molar-refractivity contribution in [3.8, 4) is 5.75 Å². The van der Waals surface area contributed by atoms with Gasteiger partial charge in [0.1, 0.15) is 12.4 Å². The summed E-state index contributed by atoms with van der Waals surface area (Å²) in [7, 11) is 4.04. The summed E-state index contributed by atoms with van der Waals surface area (Å²) in [5, 5.41) is 3.32. The summed E-state index contributed by atoms with van der Waals surface area (Å²) < 4.78 is 5.72. The lowest BCUT2D eigenvalue weighted by Crippen LogP contribution is -2.26. The van der Waals surface area contributed by atoms with Crippen LogP contribution in [0.5, 0.6) is 5.75 Å². The molecular formula is C15H24N2O. The summed E-state index contributed by atoms with van der Waals surface area (Å²) in [6, 6.07) is 8.53. The van der Waals surface area contributed by atoms with Gasteiger partial charge in [0, 0.05) is 38.4 Å². The molecule has 0 aliphatic carbocycles. The van der Waals surface area contributed by atoms with Crippen LogP contribution >= 0.6 is 0 Å². The largest absolute Gasteiger partial charge is 0.489 e. The van der Waals surface area contributed by atoms with E-state index in [0.29, 0.717) is 12.6 Å². The fourth-order valence-electron chi connectivity index (χ4n) is 1.44. The van der Waals surface area contributed by atoms with Gasteiger partial charge in [0.15, 0.2) is 0 Å². The second-order valence-corrected chi connectivity index (χ2v) is 4.97. The molecule has 0 spiro atoms. The fourth-order valence-corrected chi connectivity index (χ4v) is 1.44. The SMILES string of the molecule is C=C(CNC(C)C)COc1cccc(N(C)C)c1. The molecule has 0 heterocycles. The van der Waals surface area contributed by atoms with Crippen LogP contribution in [0.15, 0.2) is 36.4 Å². The first kappa shape index (κ1) is 14.6. The first-order valence-corrected chi connectivity index (χ1v) is 6.29. The summed E-state index contributed by atoms with van der Waals surface area (Å²) in [5.41, 5.74) is 2.19. The smallest absolute Gasteiger partial charge is 0.121 e. The van der Waals surface area contributed by atoms with Gasteiger partial charge in [-0.2, -0.15) is 0 Å². The molecule has 0 aliphatic heterocycles. The van der Waals surface area contributed by atoms with Crippen LogP contribution in [0.3, 0.4) is 0 Å². The molecule has 0 radical (unpaired) electrons. The molecule has 3 nitrogen and oxygen atoms in total. The summed E-state index contributed by atoms with van der Waals surface area (Å²) in [5.74, 6) is 0.881. The molecule has 0 saturated carbocycles. The topological polar surface area (TPSA) is 24.5 Å². The Morgan fingerprint density at radius 2 is 2.11 bits per heavy atom. The molecule has 0 aromatic heterocycles. The lowest BCUT2D eigenvalue weighted by molar-refractivity contribution is 0.347. The van der Waals surface area contributed by atoms with Crippen molar-refractivity contribution < 1.29 is 4.74 Å². The van der Waals surface area contributed by atoms with Gasteiger partial charge in [-0.05, 0) is 17.7 Å². The number of benzene rings is 1. The van der Waals surface area contributed by atoms with Crippen LogP contribution in [0.4, 0.5) is 5.69 Å². The summed E-state index contributed by atoms with van der Waals surface area (Å²) >= 11 is 0. The highest BCUT2D eigenvalue weighted by Gasteiger charge is 2.01. The highest BCUT2D eigenvalue weighted by Crippen LogP contribution is 2.19. The third-order valence-corrected chi connectivity index (χ3v) is 2.54. The molecule has 0 bridgehead atoms. The number of hydrogen-bond donors (Lipinski definition) is 1. The Morgan fingerprint density at radius 3 is 2.72 bits per heavy atom. The zero-order valence-corrected chi connectivity index (χ0v) is 11.9. The summed E-state index contributed by atoms with van der Waals surface area (Å²) in [4.78, 5) is 2.06. The number of ether oxygens (including phenoxy) is 1. The van der Waals surface area contributed by atoms with Gasteiger partial charge < -0.3 is 15.0 Å². The molecular weight excluding hydrogens is 224 g/mol. The predicted octanol–water partition coefficient (Wildman–Crippen LogP) is 2.69. The third-order valence-electron chi connectivity index (χ3n) is 2.54. The minimum Gasteiger partial charge on any atom is -0.489 e. The minimum atomic E-state index is 0.471. The van der Waals surface area contributed by atoms with E-state index in [1.54, 1.807) is 0 Å². The van der Waals surface area contributed by atoms with Crippen LogP contribution in [-0.2, 0) is 0 Å². The van der Waals surface area contributed by atoms with Gasteiger partial charge in [0.05, 0.1) is 0 Å². The Kier molecular flexibility index (Phi) is 5.72. The van der Waals surface area contributed by atoms with E-state index in [1.807, 2.05) is 32.3 Å². The molecule has 100 valence electrons. The normalized spacial score (nSPS) is 10.5. The Bertz CT molecular complexity index is 386. The van der Waals surface area contributed by atoms with E-state index in [1.165, 1.54) is 0 Å². The van der Waals surface area contributed by atoms with Crippen molar-refractivity contribution in [2.45, 2.75) is 19.9 Å². The fraction of sp³-hybridized carbons (Fsp3) is 0.467. The van der Waals surface area contributed by atoms with Crippen LogP contribution in [0.2, 0.25) is 0 Å². The maximum atomic E-state index is 5.72. The third kappa shape index (κ3) is 5.23. The van der Waals surface area contributed by atoms with E-state index in [-0.39, 0.29) is 0 Å². The zero-order chi connectivity index (χ0) is 13.5. The van der Waals surface area contributed by atoms with E-state index < -0.39 is 0 Å². The minimum absolute atomic E-state index is 0.471. The first-order chi connectivity index (χ1) is 8.49. The first-order valence-electron chi connectivity index (χ1n) is 6.29. The van der Waals surface area contributed by atoms with Crippen molar-refractivity contribution in [1.29, 1.82) is 0 Å². The van der Waals surface area contributed by atoms with Gasteiger partial charge in [0.2, 0.25) is 0 Å². The van der Waals surface area contributed by atoms with Crippen molar-refractivity contribution in [2.24, 2.45) is 0 Å². The van der Waals surface area contributed by atoms with Crippen molar-refractivity contribution in [3.05, 3.63) is 36.4 Å². The van der Waals surface area contributed by atoms with Gasteiger partial charge in [-0.25, -0.2) is 0 Å². The molecule has 1 rings (SSSR count). The van der Waals surface area contributed by atoms with Gasteiger partial charge in [-0.3, -0.25) is 0 Å². The average Bonchev–Trinajstić information content (AvgIpc) is 2.34. The highest BCUT2D eigenvalue weighted by atomic mass is 16.5. The Balaban J connectivity index is 2.43. The molecule has 0 unspecified atom stereocenters. The van der Waals surface area contributed by atoms with Crippen molar-refractivity contribution >= 4 is 5.69 Å². The lowest BCUT2D eigenvalue weighted by Gasteiger charge is -2.15. The van der Waals surface area contributed by atoms with Gasteiger partial charge in [0.25, 0.3) is 0 Å². The van der Waals surface area contributed by atoms with Crippen LogP contribution < -0.4 is 15.0 Å². The monoisotopic (exact) mass is 248 g/mol. The van der Waals surface area contributed by atoms with Crippen molar-refractivity contribution in [2.75, 3.05) is 32.1 Å². The molecule has 0 atom stereocenters. The van der Waals surface area contributed by atoms with Crippen molar-refractivity contribution in [3.63, 3.8) is 0 Å². The molecule has 1 N–H and O–H groups in total. The van der Waals surface area contributed by atoms with E-state index in [9.17, 15) is 0 Å². The van der Waals surface area contributed by atoms with Crippen LogP contribution in [0.1, 0.15) is 13.8 Å². The summed E-state index contributed by atoms with van der Waals surface area (Å²) in [6.07, 6.45) is 0. The molecule has 0 fully saturated rings. The second-order valence-electron chi connectivity index (χ2n) is 4.97. The molecule has 0 saturated heterocycles. The van der Waals surface area contributed by atoms with Gasteiger partial charge in [-0.1, -0.05) is 26.5 Å². The van der Waals surface area contributed by atoms with E-state index in [2.05, 4.69) is 36.7 Å². The number of hydrogen-bond acceptors (Lipinski definition) is 3. The van der Waals surface area contributed by atoms with Crippen LogP contribution in [-0.4, -0.2) is 33.3 Å². The second kappa shape index (κ2) is 7.07. The number of rotatable bonds is 7. The quantitative estimate of drug-likeness (QED) is 0.751. The number of anilines is 1. The zero-order valence-electron chi connectivity index (χ0n) is 11.9. The van der Waals surface area contributed by atoms with E-state index >= 15 is 0 Å². The van der Waals surface area contributed by atoms with Gasteiger partial charge in [-0.15, -0.1) is 0 Å². The summed E-state index contributed by atoms with van der Waals surface area (Å²) in [6.45, 7) is 9.59. The van der Waals surface area contributed by atoms with Gasteiger partial charge >= 0.3 is 0 Å². The highest BCUT2D eigenvalue weighted by molar-refractivity contribution is 5.49. The number of nitrogens with zero attached hydrogens (tertiary/aromatic N) is 1. The molecule has 0 aliphatic rings. The Hall–Kier alpha value is -1.48. The van der Waals surface area contributed by atoms with E-state index in [4.69, 9.17) is 4.74 Å². The molecule has 18 heavy (non-hydrogen) atoms. The van der Waals surface area contributed by atoms with Crippen LogP contribution in [0, 0.1) is 0 Å². The van der Waals surface area contributed by atoms with Crippen LogP contribution in [0.25, 0.3) is 0 Å².